The zero-order valence-corrected chi connectivity index (χ0v) is 9.68. The molecule has 0 unspecified atom stereocenters. The Bertz CT molecular complexity index is 315. The molecule has 13 heavy (non-hydrogen) atoms. The fourth-order valence-corrected chi connectivity index (χ4v) is 1.27. The molecule has 0 aromatic heterocycles. The van der Waals surface area contributed by atoms with E-state index in [4.69, 9.17) is 28.3 Å². The molecule has 1 aromatic carbocycles. The van der Waals surface area contributed by atoms with Gasteiger partial charge in [0.15, 0.2) is 0 Å². The third kappa shape index (κ3) is 3.18. The van der Waals surface area contributed by atoms with E-state index >= 15 is 0 Å². The molecule has 0 fully saturated rings. The van der Waals surface area contributed by atoms with Gasteiger partial charge in [0.1, 0.15) is 0 Å². The van der Waals surface area contributed by atoms with Crippen molar-refractivity contribution in [1.82, 2.24) is 0 Å². The van der Waals surface area contributed by atoms with Crippen LogP contribution in [0.25, 0.3) is 0 Å². The lowest BCUT2D eigenvalue weighted by Gasteiger charge is -1.99. The summed E-state index contributed by atoms with van der Waals surface area (Å²) in [5, 5.41) is 8.83. The number of benzene rings is 1. The summed E-state index contributed by atoms with van der Waals surface area (Å²) in [6.45, 7) is 0. The Morgan fingerprint density at radius 2 is 2.08 bits per heavy atom. The van der Waals surface area contributed by atoms with Crippen LogP contribution in [0.4, 0.5) is 0 Å². The summed E-state index contributed by atoms with van der Waals surface area (Å²) >= 11 is 11.2. The summed E-state index contributed by atoms with van der Waals surface area (Å²) in [7, 11) is 0. The van der Waals surface area contributed by atoms with E-state index in [1.54, 1.807) is 12.1 Å². The second-order valence-corrected chi connectivity index (χ2v) is 2.93. The van der Waals surface area contributed by atoms with Crippen LogP contribution in [0.15, 0.2) is 18.2 Å². The van der Waals surface area contributed by atoms with Gasteiger partial charge in [-0.2, -0.15) is 0 Å². The van der Waals surface area contributed by atoms with Crippen LogP contribution < -0.4 is 0 Å². The third-order valence-electron chi connectivity index (χ3n) is 1.42. The van der Waals surface area contributed by atoms with E-state index in [-0.39, 0.29) is 27.6 Å². The summed E-state index contributed by atoms with van der Waals surface area (Å²) in [6.07, 6.45) is 0. The highest BCUT2D eigenvalue weighted by molar-refractivity contribution is 8.93. The quantitative estimate of drug-likeness (QED) is 0.846. The van der Waals surface area contributed by atoms with Crippen LogP contribution in [0.5, 0.6) is 0 Å². The maximum Gasteiger partial charge on any atom is 0.337 e. The van der Waals surface area contributed by atoms with Gasteiger partial charge < -0.3 is 5.11 Å². The average molecular weight is 286 g/mol. The van der Waals surface area contributed by atoms with Crippen molar-refractivity contribution in [2.24, 2.45) is 0 Å². The number of rotatable bonds is 2. The monoisotopic (exact) mass is 284 g/mol. The molecular weight excluding hydrogens is 279 g/mol. The molecule has 1 rings (SSSR count). The summed E-state index contributed by atoms with van der Waals surface area (Å²) in [5.41, 5.74) is 0.914. The smallest absolute Gasteiger partial charge is 0.337 e. The van der Waals surface area contributed by atoms with Gasteiger partial charge in [-0.1, -0.05) is 17.7 Å². The first-order chi connectivity index (χ1) is 5.65. The van der Waals surface area contributed by atoms with Crippen LogP contribution in [0.1, 0.15) is 15.9 Å². The molecule has 0 amide bonds. The molecule has 0 spiro atoms. The normalized spacial score (nSPS) is 9.08. The molecule has 0 heterocycles. The standard InChI is InChI=1S/C8H6Cl2O2.BrH/c9-4-5-1-2-6(8(11)12)7(10)3-5;/h1-3H,4H2,(H,11,12);1H. The van der Waals surface area contributed by atoms with E-state index in [0.717, 1.165) is 5.56 Å². The number of halogens is 3. The van der Waals surface area contributed by atoms with E-state index in [0.29, 0.717) is 5.88 Å². The minimum absolute atomic E-state index is 0. The number of carboxylic acid groups (broad SMARTS) is 1. The molecule has 2 nitrogen and oxygen atoms in total. The van der Waals surface area contributed by atoms with Crippen molar-refractivity contribution >= 4 is 46.2 Å². The second-order valence-electron chi connectivity index (χ2n) is 2.25. The number of alkyl halides is 1. The highest BCUT2D eigenvalue weighted by Gasteiger charge is 2.07. The maximum absolute atomic E-state index is 10.5. The number of carbonyl (C=O) groups is 1. The predicted octanol–water partition coefficient (Wildman–Crippen LogP) is 3.35. The Morgan fingerprint density at radius 3 is 2.46 bits per heavy atom. The highest BCUT2D eigenvalue weighted by Crippen LogP contribution is 2.18. The van der Waals surface area contributed by atoms with Crippen molar-refractivity contribution in [2.45, 2.75) is 5.88 Å². The summed E-state index contributed by atoms with van der Waals surface area (Å²) in [6, 6.07) is 4.64. The largest absolute Gasteiger partial charge is 0.478 e. The van der Waals surface area contributed by atoms with Gasteiger partial charge in [-0.15, -0.1) is 28.6 Å². The molecule has 1 N–H and O–H groups in total. The molecule has 0 atom stereocenters. The lowest BCUT2D eigenvalue weighted by molar-refractivity contribution is 0.0697. The maximum atomic E-state index is 10.5. The Kier molecular flexibility index (Phi) is 5.37. The third-order valence-corrected chi connectivity index (χ3v) is 2.04. The van der Waals surface area contributed by atoms with E-state index in [2.05, 4.69) is 0 Å². The number of hydrogen-bond donors (Lipinski definition) is 1. The fraction of sp³-hybridized carbons (Fsp3) is 0.125. The summed E-state index contributed by atoms with van der Waals surface area (Å²) < 4.78 is 0. The predicted molar refractivity (Wildman–Crippen MR) is 58.3 cm³/mol. The Morgan fingerprint density at radius 1 is 1.46 bits per heavy atom. The SMILES string of the molecule is Br.O=C(O)c1ccc(CCl)cc1Cl. The van der Waals surface area contributed by atoms with Gasteiger partial charge in [0, 0.05) is 5.88 Å². The van der Waals surface area contributed by atoms with Crippen molar-refractivity contribution in [3.8, 4) is 0 Å². The van der Waals surface area contributed by atoms with Gasteiger partial charge in [0.05, 0.1) is 10.6 Å². The molecule has 0 saturated carbocycles. The average Bonchev–Trinajstić information content (AvgIpc) is 2.03. The van der Waals surface area contributed by atoms with Gasteiger partial charge in [-0.25, -0.2) is 4.79 Å². The number of carboxylic acids is 1. The molecule has 0 aliphatic heterocycles. The highest BCUT2D eigenvalue weighted by atomic mass is 79.9. The van der Waals surface area contributed by atoms with Gasteiger partial charge in [0.2, 0.25) is 0 Å². The van der Waals surface area contributed by atoms with Crippen LogP contribution in [-0.2, 0) is 5.88 Å². The van der Waals surface area contributed by atoms with Crippen molar-refractivity contribution in [2.75, 3.05) is 0 Å². The van der Waals surface area contributed by atoms with E-state index in [9.17, 15) is 4.79 Å². The van der Waals surface area contributed by atoms with Crippen LogP contribution in [-0.4, -0.2) is 11.1 Å². The Labute approximate surface area is 96.2 Å². The van der Waals surface area contributed by atoms with Crippen molar-refractivity contribution in [3.05, 3.63) is 34.3 Å². The van der Waals surface area contributed by atoms with Crippen LogP contribution >= 0.6 is 40.2 Å². The summed E-state index contributed by atoms with van der Waals surface area (Å²) in [4.78, 5) is 10.5. The number of aromatic carboxylic acids is 1. The van der Waals surface area contributed by atoms with E-state index in [1.165, 1.54) is 6.07 Å². The first-order valence-corrected chi connectivity index (χ1v) is 4.14. The molecule has 72 valence electrons. The molecule has 5 heteroatoms. The topological polar surface area (TPSA) is 37.3 Å². The molecule has 1 aromatic rings. The van der Waals surface area contributed by atoms with Crippen molar-refractivity contribution in [1.29, 1.82) is 0 Å². The Balaban J connectivity index is 0.00000144. The first-order valence-electron chi connectivity index (χ1n) is 3.23. The van der Waals surface area contributed by atoms with Gasteiger partial charge in [-0.3, -0.25) is 0 Å². The minimum Gasteiger partial charge on any atom is -0.478 e. The van der Waals surface area contributed by atoms with Crippen LogP contribution in [0, 0.1) is 0 Å². The van der Waals surface area contributed by atoms with Crippen LogP contribution in [0.2, 0.25) is 5.02 Å². The van der Waals surface area contributed by atoms with E-state index in [1.807, 2.05) is 0 Å². The molecule has 0 saturated heterocycles. The first kappa shape index (κ1) is 12.8. The fourth-order valence-electron chi connectivity index (χ4n) is 0.815. The zero-order chi connectivity index (χ0) is 9.14. The zero-order valence-electron chi connectivity index (χ0n) is 6.46. The van der Waals surface area contributed by atoms with E-state index < -0.39 is 5.97 Å². The van der Waals surface area contributed by atoms with Gasteiger partial charge in [-0.05, 0) is 17.7 Å². The molecule has 0 aliphatic rings. The minimum atomic E-state index is -1.03. The van der Waals surface area contributed by atoms with Crippen LogP contribution in [0.3, 0.4) is 0 Å². The Hall–Kier alpha value is -0.250. The second kappa shape index (κ2) is 5.47. The summed E-state index contributed by atoms with van der Waals surface area (Å²) in [5.74, 6) is -0.694. The molecule has 0 radical (unpaired) electrons. The molecule has 0 aliphatic carbocycles. The lowest BCUT2D eigenvalue weighted by atomic mass is 10.1. The van der Waals surface area contributed by atoms with Crippen molar-refractivity contribution < 1.29 is 9.90 Å². The van der Waals surface area contributed by atoms with Gasteiger partial charge >= 0.3 is 5.97 Å². The lowest BCUT2D eigenvalue weighted by Crippen LogP contribution is -1.97. The van der Waals surface area contributed by atoms with Gasteiger partial charge in [0.25, 0.3) is 0 Å². The molecule has 0 bridgehead atoms. The molecular formula is C8H7BrCl2O2. The van der Waals surface area contributed by atoms with Crippen molar-refractivity contribution in [3.63, 3.8) is 0 Å². The number of hydrogen-bond acceptors (Lipinski definition) is 1.